The minimum Gasteiger partial charge on any atom is -0.497 e. The molecule has 0 radical (unpaired) electrons. The number of rotatable bonds is 7. The molecule has 1 rings (SSSR count). The van der Waals surface area contributed by atoms with E-state index >= 15 is 0 Å². The quantitative estimate of drug-likeness (QED) is 0.701. The van der Waals surface area contributed by atoms with E-state index in [1.54, 1.807) is 7.11 Å². The van der Waals surface area contributed by atoms with Crippen LogP contribution in [0.15, 0.2) is 18.2 Å². The zero-order valence-electron chi connectivity index (χ0n) is 12.4. The molecule has 3 nitrogen and oxygen atoms in total. The fourth-order valence-corrected chi connectivity index (χ4v) is 2.43. The van der Waals surface area contributed by atoms with E-state index in [1.807, 2.05) is 6.07 Å². The van der Waals surface area contributed by atoms with Crippen LogP contribution in [0.25, 0.3) is 0 Å². The Morgan fingerprint density at radius 3 is 2.68 bits per heavy atom. The number of nitriles is 1. The van der Waals surface area contributed by atoms with E-state index in [4.69, 9.17) is 10.00 Å². The van der Waals surface area contributed by atoms with Crippen molar-refractivity contribution in [2.75, 3.05) is 20.2 Å². The molecule has 19 heavy (non-hydrogen) atoms. The summed E-state index contributed by atoms with van der Waals surface area (Å²) in [5.41, 5.74) is 2.59. The molecule has 0 saturated heterocycles. The largest absolute Gasteiger partial charge is 0.497 e. The monoisotopic (exact) mass is 260 g/mol. The number of ether oxygens (including phenoxy) is 1. The lowest BCUT2D eigenvalue weighted by Crippen LogP contribution is -2.28. The van der Waals surface area contributed by atoms with Gasteiger partial charge in [-0.2, -0.15) is 5.26 Å². The van der Waals surface area contributed by atoms with E-state index in [1.165, 1.54) is 11.1 Å². The second-order valence-corrected chi connectivity index (χ2v) is 4.79. The Hall–Kier alpha value is -1.53. The molecular weight excluding hydrogens is 236 g/mol. The number of nitrogens with zero attached hydrogens (tertiary/aromatic N) is 2. The van der Waals surface area contributed by atoms with Gasteiger partial charge in [0.25, 0.3) is 0 Å². The van der Waals surface area contributed by atoms with Gasteiger partial charge < -0.3 is 4.74 Å². The molecule has 0 bridgehead atoms. The highest BCUT2D eigenvalue weighted by Gasteiger charge is 2.15. The molecule has 0 spiro atoms. The number of methoxy groups -OCH3 is 1. The van der Waals surface area contributed by atoms with Crippen molar-refractivity contribution in [3.05, 3.63) is 29.3 Å². The molecule has 0 aromatic heterocycles. The van der Waals surface area contributed by atoms with Crippen LogP contribution in [0.2, 0.25) is 0 Å². The summed E-state index contributed by atoms with van der Waals surface area (Å²) in [5.74, 6) is 0.904. The van der Waals surface area contributed by atoms with Crippen LogP contribution in [-0.4, -0.2) is 25.1 Å². The van der Waals surface area contributed by atoms with E-state index in [0.717, 1.165) is 25.3 Å². The van der Waals surface area contributed by atoms with E-state index in [9.17, 15) is 0 Å². The van der Waals surface area contributed by atoms with Gasteiger partial charge in [0, 0.05) is 12.5 Å². The van der Waals surface area contributed by atoms with E-state index in [-0.39, 0.29) is 0 Å². The molecule has 104 valence electrons. The second-order valence-electron chi connectivity index (χ2n) is 4.79. The average molecular weight is 260 g/mol. The van der Waals surface area contributed by atoms with Crippen LogP contribution in [0.1, 0.15) is 43.9 Å². The van der Waals surface area contributed by atoms with Crippen molar-refractivity contribution in [2.24, 2.45) is 0 Å². The maximum absolute atomic E-state index is 8.63. The number of benzene rings is 1. The van der Waals surface area contributed by atoms with Gasteiger partial charge in [0.1, 0.15) is 5.75 Å². The zero-order chi connectivity index (χ0) is 14.3. The van der Waals surface area contributed by atoms with Crippen molar-refractivity contribution in [1.82, 2.24) is 4.90 Å². The first-order valence-electron chi connectivity index (χ1n) is 6.89. The van der Waals surface area contributed by atoms with Crippen molar-refractivity contribution >= 4 is 0 Å². The maximum Gasteiger partial charge on any atom is 0.119 e. The molecular formula is C16H24N2O. The van der Waals surface area contributed by atoms with Crippen LogP contribution in [0.4, 0.5) is 0 Å². The van der Waals surface area contributed by atoms with E-state index in [2.05, 4.69) is 43.9 Å². The van der Waals surface area contributed by atoms with Crippen LogP contribution in [0.3, 0.4) is 0 Å². The van der Waals surface area contributed by atoms with Crippen molar-refractivity contribution in [3.8, 4) is 11.8 Å². The predicted molar refractivity (Wildman–Crippen MR) is 78.2 cm³/mol. The topological polar surface area (TPSA) is 36.3 Å². The Balaban J connectivity index is 2.79. The van der Waals surface area contributed by atoms with Gasteiger partial charge in [-0.15, -0.1) is 0 Å². The molecule has 0 aliphatic heterocycles. The molecule has 1 unspecified atom stereocenters. The van der Waals surface area contributed by atoms with Crippen LogP contribution >= 0.6 is 0 Å². The lowest BCUT2D eigenvalue weighted by Gasteiger charge is -2.29. The first kappa shape index (κ1) is 15.5. The Labute approximate surface area is 116 Å². The predicted octanol–water partition coefficient (Wildman–Crippen LogP) is 3.69. The minimum atomic E-state index is 0.370. The summed E-state index contributed by atoms with van der Waals surface area (Å²) < 4.78 is 5.25. The van der Waals surface area contributed by atoms with Crippen LogP contribution in [0.5, 0.6) is 5.75 Å². The molecule has 0 amide bonds. The highest BCUT2D eigenvalue weighted by atomic mass is 16.5. The number of hydrogen-bond donors (Lipinski definition) is 0. The highest BCUT2D eigenvalue weighted by Crippen LogP contribution is 2.26. The summed E-state index contributed by atoms with van der Waals surface area (Å²) in [6, 6.07) is 8.82. The Kier molecular flexibility index (Phi) is 6.38. The molecule has 1 atom stereocenters. The lowest BCUT2D eigenvalue weighted by atomic mass is 10.0. The molecule has 3 heteroatoms. The highest BCUT2D eigenvalue weighted by molar-refractivity contribution is 5.36. The van der Waals surface area contributed by atoms with Gasteiger partial charge >= 0.3 is 0 Å². The number of aryl methyl sites for hydroxylation is 1. The van der Waals surface area contributed by atoms with Crippen LogP contribution in [-0.2, 0) is 0 Å². The third kappa shape index (κ3) is 4.25. The fourth-order valence-electron chi connectivity index (χ4n) is 2.43. The molecule has 0 aliphatic carbocycles. The molecule has 0 fully saturated rings. The molecule has 0 saturated carbocycles. The fraction of sp³-hybridized carbons (Fsp3) is 0.562. The summed E-state index contributed by atoms with van der Waals surface area (Å²) in [7, 11) is 1.69. The first-order valence-corrected chi connectivity index (χ1v) is 6.89. The van der Waals surface area contributed by atoms with Crippen LogP contribution < -0.4 is 4.74 Å². The Bertz CT molecular complexity index is 437. The summed E-state index contributed by atoms with van der Waals surface area (Å²) in [6.45, 7) is 8.48. The number of hydrogen-bond acceptors (Lipinski definition) is 3. The van der Waals surface area contributed by atoms with E-state index < -0.39 is 0 Å². The second kappa shape index (κ2) is 7.81. The van der Waals surface area contributed by atoms with Gasteiger partial charge in [-0.25, -0.2) is 0 Å². The van der Waals surface area contributed by atoms with Crippen LogP contribution in [0, 0.1) is 18.3 Å². The maximum atomic E-state index is 8.63. The lowest BCUT2D eigenvalue weighted by molar-refractivity contribution is 0.219. The SMILES string of the molecule is CCN(CCCC#N)C(C)c1ccc(OC)cc1C. The average Bonchev–Trinajstić information content (AvgIpc) is 2.43. The zero-order valence-corrected chi connectivity index (χ0v) is 12.4. The van der Waals surface area contributed by atoms with Gasteiger partial charge in [-0.3, -0.25) is 4.90 Å². The van der Waals surface area contributed by atoms with Gasteiger partial charge in [-0.1, -0.05) is 13.0 Å². The summed E-state index contributed by atoms with van der Waals surface area (Å²) in [6.07, 6.45) is 1.56. The Morgan fingerprint density at radius 1 is 1.42 bits per heavy atom. The number of unbranched alkanes of at least 4 members (excludes halogenated alkanes) is 1. The van der Waals surface area contributed by atoms with Gasteiger partial charge in [-0.05, 0) is 56.6 Å². The summed E-state index contributed by atoms with van der Waals surface area (Å²) in [4.78, 5) is 2.41. The van der Waals surface area contributed by atoms with E-state index in [0.29, 0.717) is 12.5 Å². The molecule has 1 aromatic carbocycles. The molecule has 0 heterocycles. The normalized spacial score (nSPS) is 12.2. The molecule has 1 aromatic rings. The molecule has 0 aliphatic rings. The third-order valence-electron chi connectivity index (χ3n) is 3.61. The first-order chi connectivity index (χ1) is 9.13. The van der Waals surface area contributed by atoms with Gasteiger partial charge in [0.2, 0.25) is 0 Å². The van der Waals surface area contributed by atoms with Gasteiger partial charge in [0.15, 0.2) is 0 Å². The van der Waals surface area contributed by atoms with Crippen molar-refractivity contribution < 1.29 is 4.74 Å². The third-order valence-corrected chi connectivity index (χ3v) is 3.61. The van der Waals surface area contributed by atoms with Crippen molar-refractivity contribution in [1.29, 1.82) is 5.26 Å². The summed E-state index contributed by atoms with van der Waals surface area (Å²) >= 11 is 0. The standard InChI is InChI=1S/C16H24N2O/c1-5-18(11-7-6-10-17)14(3)16-9-8-15(19-4)12-13(16)2/h8-9,12,14H,5-7,11H2,1-4H3. The smallest absolute Gasteiger partial charge is 0.119 e. The van der Waals surface area contributed by atoms with Crippen molar-refractivity contribution in [3.63, 3.8) is 0 Å². The van der Waals surface area contributed by atoms with Gasteiger partial charge in [0.05, 0.1) is 13.2 Å². The minimum absolute atomic E-state index is 0.370. The van der Waals surface area contributed by atoms with Crippen molar-refractivity contribution in [2.45, 2.75) is 39.7 Å². The molecule has 0 N–H and O–H groups in total. The Morgan fingerprint density at radius 2 is 2.16 bits per heavy atom. The summed E-state index contributed by atoms with van der Waals surface area (Å²) in [5, 5.41) is 8.63.